The Hall–Kier alpha value is -2.54. The Morgan fingerprint density at radius 3 is 2.21 bits per heavy atom. The molecule has 0 spiro atoms. The van der Waals surface area contributed by atoms with Crippen molar-refractivity contribution in [2.24, 2.45) is 0 Å². The Balaban J connectivity index is 1.77. The molecule has 6 nitrogen and oxygen atoms in total. The van der Waals surface area contributed by atoms with Crippen molar-refractivity contribution < 1.29 is 22.7 Å². The summed E-state index contributed by atoms with van der Waals surface area (Å²) < 4.78 is 34.6. The maximum Gasteiger partial charge on any atom is 0.227 e. The lowest BCUT2D eigenvalue weighted by Gasteiger charge is -2.28. The van der Waals surface area contributed by atoms with Gasteiger partial charge in [0.15, 0.2) is 9.84 Å². The van der Waals surface area contributed by atoms with Crippen molar-refractivity contribution in [2.75, 3.05) is 25.2 Å². The van der Waals surface area contributed by atoms with Gasteiger partial charge in [-0.3, -0.25) is 4.79 Å². The molecular weight excluding hydrogens is 390 g/mol. The highest BCUT2D eigenvalue weighted by molar-refractivity contribution is 7.91. The molecule has 0 N–H and O–H groups in total. The summed E-state index contributed by atoms with van der Waals surface area (Å²) in [6.07, 6.45) is 0.700. The molecule has 7 heteroatoms. The van der Waals surface area contributed by atoms with E-state index in [1.54, 1.807) is 12.0 Å². The predicted octanol–water partition coefficient (Wildman–Crippen LogP) is 2.85. The van der Waals surface area contributed by atoms with Gasteiger partial charge in [-0.15, -0.1) is 0 Å². The molecule has 0 aromatic heterocycles. The molecule has 1 aliphatic rings. The standard InChI is InChI=1S/C22H27NO5S/c1-3-28-21-10-6-18(7-11-21)15-23(19-12-13-29(25,26)16-19)22(24)14-17-4-8-20(27-2)9-5-17/h4-11,19H,3,12-16H2,1-2H3. The number of hydrogen-bond donors (Lipinski definition) is 0. The molecule has 29 heavy (non-hydrogen) atoms. The van der Waals surface area contributed by atoms with Gasteiger partial charge in [0.1, 0.15) is 11.5 Å². The van der Waals surface area contributed by atoms with E-state index in [2.05, 4.69) is 0 Å². The summed E-state index contributed by atoms with van der Waals surface area (Å²) in [5, 5.41) is 0. The number of methoxy groups -OCH3 is 1. The van der Waals surface area contributed by atoms with E-state index in [4.69, 9.17) is 9.47 Å². The number of ether oxygens (including phenoxy) is 2. The first-order valence-electron chi connectivity index (χ1n) is 9.75. The van der Waals surface area contributed by atoms with Crippen LogP contribution in [0, 0.1) is 0 Å². The Morgan fingerprint density at radius 1 is 1.03 bits per heavy atom. The molecule has 1 amide bonds. The Bertz CT molecular complexity index is 923. The Labute approximate surface area is 172 Å². The van der Waals surface area contributed by atoms with Crippen molar-refractivity contribution in [3.05, 3.63) is 59.7 Å². The van der Waals surface area contributed by atoms with Gasteiger partial charge in [0, 0.05) is 12.6 Å². The quantitative estimate of drug-likeness (QED) is 0.660. The fraction of sp³-hybridized carbons (Fsp3) is 0.409. The van der Waals surface area contributed by atoms with Crippen molar-refractivity contribution in [3.63, 3.8) is 0 Å². The Morgan fingerprint density at radius 2 is 1.66 bits per heavy atom. The second kappa shape index (κ2) is 9.31. The number of carbonyl (C=O) groups excluding carboxylic acids is 1. The van der Waals surface area contributed by atoms with Crippen LogP contribution in [0.25, 0.3) is 0 Å². The lowest BCUT2D eigenvalue weighted by molar-refractivity contribution is -0.133. The maximum absolute atomic E-state index is 13.1. The molecule has 1 heterocycles. The van der Waals surface area contributed by atoms with E-state index in [0.717, 1.165) is 22.6 Å². The Kier molecular flexibility index (Phi) is 6.79. The molecule has 0 radical (unpaired) electrons. The number of sulfone groups is 1. The zero-order valence-corrected chi connectivity index (χ0v) is 17.7. The largest absolute Gasteiger partial charge is 0.497 e. The number of hydrogen-bond acceptors (Lipinski definition) is 5. The lowest BCUT2D eigenvalue weighted by Crippen LogP contribution is -2.41. The minimum absolute atomic E-state index is 0.0262. The van der Waals surface area contributed by atoms with Crippen LogP contribution in [0.4, 0.5) is 0 Å². The van der Waals surface area contributed by atoms with Crippen LogP contribution in [0.15, 0.2) is 48.5 Å². The molecule has 1 fully saturated rings. The number of rotatable bonds is 8. The van der Waals surface area contributed by atoms with Crippen molar-refractivity contribution >= 4 is 15.7 Å². The molecule has 1 aliphatic heterocycles. The summed E-state index contributed by atoms with van der Waals surface area (Å²) in [7, 11) is -1.50. The minimum atomic E-state index is -3.09. The van der Waals surface area contributed by atoms with E-state index in [1.807, 2.05) is 55.5 Å². The van der Waals surface area contributed by atoms with Gasteiger partial charge in [-0.1, -0.05) is 24.3 Å². The van der Waals surface area contributed by atoms with E-state index in [0.29, 0.717) is 19.6 Å². The van der Waals surface area contributed by atoms with Gasteiger partial charge in [0.05, 0.1) is 31.6 Å². The second-order valence-electron chi connectivity index (χ2n) is 7.18. The van der Waals surface area contributed by atoms with Gasteiger partial charge < -0.3 is 14.4 Å². The smallest absolute Gasteiger partial charge is 0.227 e. The van der Waals surface area contributed by atoms with E-state index in [1.165, 1.54) is 0 Å². The van der Waals surface area contributed by atoms with Crippen LogP contribution in [0.5, 0.6) is 11.5 Å². The highest BCUT2D eigenvalue weighted by Crippen LogP contribution is 2.23. The molecule has 2 aromatic rings. The second-order valence-corrected chi connectivity index (χ2v) is 9.41. The zero-order chi connectivity index (χ0) is 20.9. The summed E-state index contributed by atoms with van der Waals surface area (Å²) in [5.74, 6) is 1.59. The van der Waals surface area contributed by atoms with E-state index < -0.39 is 9.84 Å². The van der Waals surface area contributed by atoms with Crippen LogP contribution >= 0.6 is 0 Å². The highest BCUT2D eigenvalue weighted by atomic mass is 32.2. The molecule has 0 aliphatic carbocycles. The normalized spacial score (nSPS) is 17.7. The SMILES string of the molecule is CCOc1ccc(CN(C(=O)Cc2ccc(OC)cc2)C2CCS(=O)(=O)C2)cc1. The summed E-state index contributed by atoms with van der Waals surface area (Å²) in [6, 6.07) is 14.6. The number of benzene rings is 2. The molecule has 3 rings (SSSR count). The van der Waals surface area contributed by atoms with Crippen molar-refractivity contribution in [1.29, 1.82) is 0 Å². The van der Waals surface area contributed by atoms with E-state index >= 15 is 0 Å². The molecule has 2 aromatic carbocycles. The minimum Gasteiger partial charge on any atom is -0.497 e. The molecule has 1 saturated heterocycles. The average molecular weight is 418 g/mol. The first-order valence-corrected chi connectivity index (χ1v) is 11.6. The predicted molar refractivity (Wildman–Crippen MR) is 112 cm³/mol. The van der Waals surface area contributed by atoms with Crippen molar-refractivity contribution in [2.45, 2.75) is 32.4 Å². The van der Waals surface area contributed by atoms with Crippen LogP contribution in [0.2, 0.25) is 0 Å². The van der Waals surface area contributed by atoms with Crippen LogP contribution in [0.3, 0.4) is 0 Å². The highest BCUT2D eigenvalue weighted by Gasteiger charge is 2.34. The lowest BCUT2D eigenvalue weighted by atomic mass is 10.1. The summed E-state index contributed by atoms with van der Waals surface area (Å²) in [6.45, 7) is 2.89. The fourth-order valence-electron chi connectivity index (χ4n) is 3.52. The van der Waals surface area contributed by atoms with Gasteiger partial charge in [-0.2, -0.15) is 0 Å². The van der Waals surface area contributed by atoms with Crippen LogP contribution in [0.1, 0.15) is 24.5 Å². The number of amides is 1. The van der Waals surface area contributed by atoms with E-state index in [9.17, 15) is 13.2 Å². The zero-order valence-electron chi connectivity index (χ0n) is 16.8. The van der Waals surface area contributed by atoms with Crippen LogP contribution < -0.4 is 9.47 Å². The maximum atomic E-state index is 13.1. The first kappa shape index (κ1) is 21.2. The monoisotopic (exact) mass is 417 g/mol. The molecule has 0 saturated carbocycles. The third-order valence-electron chi connectivity index (χ3n) is 5.07. The van der Waals surface area contributed by atoms with Crippen molar-refractivity contribution in [3.8, 4) is 11.5 Å². The summed E-state index contributed by atoms with van der Waals surface area (Å²) in [5.41, 5.74) is 1.81. The topological polar surface area (TPSA) is 72.9 Å². The van der Waals surface area contributed by atoms with Gasteiger partial charge in [-0.25, -0.2) is 8.42 Å². The first-order chi connectivity index (χ1) is 13.9. The van der Waals surface area contributed by atoms with E-state index in [-0.39, 0.29) is 29.9 Å². The van der Waals surface area contributed by atoms with Crippen molar-refractivity contribution in [1.82, 2.24) is 4.90 Å². The molecule has 156 valence electrons. The number of carbonyl (C=O) groups is 1. The van der Waals surface area contributed by atoms with Crippen LogP contribution in [-0.2, 0) is 27.6 Å². The van der Waals surface area contributed by atoms with Gasteiger partial charge >= 0.3 is 0 Å². The van der Waals surface area contributed by atoms with Gasteiger partial charge in [0.25, 0.3) is 0 Å². The molecule has 1 unspecified atom stereocenters. The van der Waals surface area contributed by atoms with Crippen LogP contribution in [-0.4, -0.2) is 50.5 Å². The fourth-order valence-corrected chi connectivity index (χ4v) is 5.25. The summed E-state index contributed by atoms with van der Waals surface area (Å²) in [4.78, 5) is 14.8. The summed E-state index contributed by atoms with van der Waals surface area (Å²) >= 11 is 0. The molecular formula is C22H27NO5S. The molecule has 1 atom stereocenters. The third kappa shape index (κ3) is 5.73. The molecule has 0 bridgehead atoms. The third-order valence-corrected chi connectivity index (χ3v) is 6.82. The average Bonchev–Trinajstić information content (AvgIpc) is 3.07. The number of nitrogens with zero attached hydrogens (tertiary/aromatic N) is 1. The van der Waals surface area contributed by atoms with Gasteiger partial charge in [-0.05, 0) is 48.7 Å². The van der Waals surface area contributed by atoms with Gasteiger partial charge in [0.2, 0.25) is 5.91 Å².